The standard InChI is InChI=1S/C33H35N3O7/c1-3-41-29(37)10-7-19-36-28(21-23-8-5-4-6-9-23)33(40)43-31(38)22(2)20-24-11-13-26(14-12-24)32(39)42-27-17-15-25(16-18-27)30(34)35/h4-6,8-9,11-18,20,28,36H,3,7,10,19,21H2,1-2H3,(H3,34,35)/b22-20+/t28-/m0/s1. The lowest BCUT2D eigenvalue weighted by Crippen LogP contribution is -2.41. The van der Waals surface area contributed by atoms with Crippen LogP contribution in [0.3, 0.4) is 0 Å². The van der Waals surface area contributed by atoms with Crippen molar-refractivity contribution in [1.82, 2.24) is 5.32 Å². The SMILES string of the molecule is CCOC(=O)CCCN[C@@H](Cc1ccccc1)C(=O)OC(=O)/C(C)=C/c1ccc(C(=O)Oc2ccc(C(=N)N)cc2)cc1. The summed E-state index contributed by atoms with van der Waals surface area (Å²) < 4.78 is 15.5. The van der Waals surface area contributed by atoms with Crippen LogP contribution >= 0.6 is 0 Å². The number of rotatable bonds is 14. The zero-order valence-electron chi connectivity index (χ0n) is 24.1. The summed E-state index contributed by atoms with van der Waals surface area (Å²) in [6, 6.07) is 21.2. The number of amidine groups is 1. The summed E-state index contributed by atoms with van der Waals surface area (Å²) >= 11 is 0. The molecule has 0 bridgehead atoms. The molecular weight excluding hydrogens is 550 g/mol. The van der Waals surface area contributed by atoms with Gasteiger partial charge in [0.2, 0.25) is 0 Å². The van der Waals surface area contributed by atoms with Gasteiger partial charge in [-0.25, -0.2) is 14.4 Å². The predicted octanol–water partition coefficient (Wildman–Crippen LogP) is 4.21. The second-order valence-corrected chi connectivity index (χ2v) is 9.59. The quantitative estimate of drug-likeness (QED) is 0.0479. The van der Waals surface area contributed by atoms with E-state index in [1.807, 2.05) is 30.3 Å². The average molecular weight is 586 g/mol. The summed E-state index contributed by atoms with van der Waals surface area (Å²) in [5, 5.41) is 10.5. The molecule has 0 saturated carbocycles. The Morgan fingerprint density at radius 2 is 1.58 bits per heavy atom. The first-order valence-electron chi connectivity index (χ1n) is 13.8. The Kier molecular flexibility index (Phi) is 12.3. The average Bonchev–Trinajstić information content (AvgIpc) is 2.99. The lowest BCUT2D eigenvalue weighted by molar-refractivity contribution is -0.158. The highest BCUT2D eigenvalue weighted by Crippen LogP contribution is 2.16. The molecular formula is C33H35N3O7. The summed E-state index contributed by atoms with van der Waals surface area (Å²) in [5.41, 5.74) is 7.93. The normalized spacial score (nSPS) is 11.7. The molecule has 0 heterocycles. The molecule has 0 spiro atoms. The maximum Gasteiger partial charge on any atom is 0.343 e. The predicted molar refractivity (Wildman–Crippen MR) is 161 cm³/mol. The number of carbonyl (C=O) groups is 4. The van der Waals surface area contributed by atoms with Crippen molar-refractivity contribution in [3.8, 4) is 5.75 Å². The van der Waals surface area contributed by atoms with Gasteiger partial charge >= 0.3 is 23.9 Å². The van der Waals surface area contributed by atoms with E-state index in [1.54, 1.807) is 61.5 Å². The van der Waals surface area contributed by atoms with Crippen LogP contribution in [0.1, 0.15) is 53.7 Å². The minimum absolute atomic E-state index is 0.0865. The summed E-state index contributed by atoms with van der Waals surface area (Å²) in [4.78, 5) is 49.8. The molecule has 0 aromatic heterocycles. The van der Waals surface area contributed by atoms with Gasteiger partial charge in [-0.15, -0.1) is 0 Å². The highest BCUT2D eigenvalue weighted by atomic mass is 16.6. The number of nitrogens with two attached hydrogens (primary N) is 1. The van der Waals surface area contributed by atoms with Crippen LogP contribution in [0.25, 0.3) is 6.08 Å². The van der Waals surface area contributed by atoms with Gasteiger partial charge in [-0.2, -0.15) is 0 Å². The van der Waals surface area contributed by atoms with Gasteiger partial charge in [0.05, 0.1) is 12.2 Å². The van der Waals surface area contributed by atoms with Gasteiger partial charge in [0, 0.05) is 17.6 Å². The van der Waals surface area contributed by atoms with Gasteiger partial charge in [0.15, 0.2) is 0 Å². The fraction of sp³-hybridized carbons (Fsp3) is 0.242. The molecule has 0 saturated heterocycles. The second kappa shape index (κ2) is 16.4. The Balaban J connectivity index is 1.59. The molecule has 43 heavy (non-hydrogen) atoms. The maximum absolute atomic E-state index is 13.0. The molecule has 1 atom stereocenters. The fourth-order valence-electron chi connectivity index (χ4n) is 3.97. The number of nitrogen functional groups attached to an aromatic ring is 1. The first-order chi connectivity index (χ1) is 20.7. The Morgan fingerprint density at radius 1 is 0.930 bits per heavy atom. The van der Waals surface area contributed by atoms with Crippen molar-refractivity contribution in [2.24, 2.45) is 5.73 Å². The molecule has 3 aromatic rings. The van der Waals surface area contributed by atoms with Crippen molar-refractivity contribution in [3.05, 3.63) is 107 Å². The van der Waals surface area contributed by atoms with Crippen LogP contribution in [0, 0.1) is 5.41 Å². The third-order valence-electron chi connectivity index (χ3n) is 6.24. The van der Waals surface area contributed by atoms with Gasteiger partial charge in [-0.1, -0.05) is 42.5 Å². The zero-order valence-corrected chi connectivity index (χ0v) is 24.1. The summed E-state index contributed by atoms with van der Waals surface area (Å²) in [7, 11) is 0. The first-order valence-corrected chi connectivity index (χ1v) is 13.8. The minimum atomic E-state index is -0.801. The van der Waals surface area contributed by atoms with Crippen LogP contribution in [0.2, 0.25) is 0 Å². The number of esters is 4. The van der Waals surface area contributed by atoms with Gasteiger partial charge in [0.25, 0.3) is 0 Å². The smallest absolute Gasteiger partial charge is 0.343 e. The number of carbonyl (C=O) groups excluding carboxylic acids is 4. The monoisotopic (exact) mass is 585 g/mol. The van der Waals surface area contributed by atoms with Crippen LogP contribution in [0.15, 0.2) is 84.4 Å². The van der Waals surface area contributed by atoms with E-state index in [2.05, 4.69) is 5.32 Å². The Hall–Kier alpha value is -5.09. The third-order valence-corrected chi connectivity index (χ3v) is 6.24. The van der Waals surface area contributed by atoms with E-state index in [1.165, 1.54) is 6.92 Å². The van der Waals surface area contributed by atoms with Crippen molar-refractivity contribution in [1.29, 1.82) is 5.41 Å². The lowest BCUT2D eigenvalue weighted by atomic mass is 10.1. The summed E-state index contributed by atoms with van der Waals surface area (Å²) in [6.45, 7) is 3.93. The van der Waals surface area contributed by atoms with Gasteiger partial charge in [-0.05, 0) is 86.8 Å². The van der Waals surface area contributed by atoms with Crippen LogP contribution in [0.4, 0.5) is 0 Å². The third kappa shape index (κ3) is 10.7. The van der Waals surface area contributed by atoms with Gasteiger partial charge in [0.1, 0.15) is 17.6 Å². The number of ether oxygens (including phenoxy) is 3. The molecule has 0 aliphatic carbocycles. The maximum atomic E-state index is 13.0. The lowest BCUT2D eigenvalue weighted by Gasteiger charge is -2.17. The Bertz CT molecular complexity index is 1450. The van der Waals surface area contributed by atoms with E-state index >= 15 is 0 Å². The molecule has 10 heteroatoms. The number of benzene rings is 3. The van der Waals surface area contributed by atoms with Crippen LogP contribution in [-0.4, -0.2) is 48.9 Å². The Labute approximate surface area is 250 Å². The van der Waals surface area contributed by atoms with Crippen molar-refractivity contribution in [3.63, 3.8) is 0 Å². The van der Waals surface area contributed by atoms with E-state index in [4.69, 9.17) is 25.4 Å². The van der Waals surface area contributed by atoms with Crippen LogP contribution in [0.5, 0.6) is 5.75 Å². The van der Waals surface area contributed by atoms with Crippen molar-refractivity contribution >= 4 is 35.8 Å². The number of hydrogen-bond acceptors (Lipinski definition) is 9. The van der Waals surface area contributed by atoms with E-state index in [9.17, 15) is 19.2 Å². The second-order valence-electron chi connectivity index (χ2n) is 9.59. The number of hydrogen-bond donors (Lipinski definition) is 3. The van der Waals surface area contributed by atoms with Gasteiger partial charge in [-0.3, -0.25) is 10.2 Å². The van der Waals surface area contributed by atoms with Crippen molar-refractivity contribution < 1.29 is 33.4 Å². The van der Waals surface area contributed by atoms with Crippen molar-refractivity contribution in [2.75, 3.05) is 13.2 Å². The first kappa shape index (κ1) is 32.4. The summed E-state index contributed by atoms with van der Waals surface area (Å²) in [5.74, 6) is -2.20. The molecule has 224 valence electrons. The van der Waals surface area contributed by atoms with Crippen LogP contribution < -0.4 is 15.8 Å². The molecule has 0 amide bonds. The molecule has 0 radical (unpaired) electrons. The fourth-order valence-corrected chi connectivity index (χ4v) is 3.97. The molecule has 3 rings (SSSR count). The highest BCUT2D eigenvalue weighted by Gasteiger charge is 2.23. The van der Waals surface area contributed by atoms with Gasteiger partial charge < -0.3 is 25.3 Å². The van der Waals surface area contributed by atoms with Crippen molar-refractivity contribution in [2.45, 2.75) is 39.2 Å². The van der Waals surface area contributed by atoms with E-state index in [0.717, 1.165) is 5.56 Å². The van der Waals surface area contributed by atoms with E-state index in [0.29, 0.717) is 48.4 Å². The molecule has 10 nitrogen and oxygen atoms in total. The summed E-state index contributed by atoms with van der Waals surface area (Å²) in [6.07, 6.45) is 2.51. The topological polar surface area (TPSA) is 158 Å². The molecule has 0 fully saturated rings. The largest absolute Gasteiger partial charge is 0.466 e. The molecule has 0 unspecified atom stereocenters. The molecule has 3 aromatic carbocycles. The van der Waals surface area contributed by atoms with Crippen LogP contribution in [-0.2, 0) is 30.3 Å². The van der Waals surface area contributed by atoms with E-state index < -0.39 is 23.9 Å². The molecule has 0 aliphatic rings. The Morgan fingerprint density at radius 3 is 2.21 bits per heavy atom. The molecule has 4 N–H and O–H groups in total. The van der Waals surface area contributed by atoms with E-state index in [-0.39, 0.29) is 23.8 Å². The highest BCUT2D eigenvalue weighted by molar-refractivity contribution is 6.00. The minimum Gasteiger partial charge on any atom is -0.466 e. The zero-order chi connectivity index (χ0) is 31.2. The molecule has 0 aliphatic heterocycles. The number of nitrogens with one attached hydrogen (secondary N) is 2.